The molecule has 0 aliphatic carbocycles. The lowest BCUT2D eigenvalue weighted by molar-refractivity contribution is -0.132. The van der Waals surface area contributed by atoms with Gasteiger partial charge in [0.05, 0.1) is 0 Å². The number of amides is 1. The Morgan fingerprint density at radius 3 is 2.30 bits per heavy atom. The standard InChI is InChI=1S/C16H25N3O3S/c1-14-6-4-5-7-15(14)8-9-16(20)18-10-12-19(13-11-18)23(21,22)17(2)3/h4-7H,8-13H2,1-3H3. The Labute approximate surface area is 138 Å². The minimum atomic E-state index is -3.38. The largest absolute Gasteiger partial charge is 0.340 e. The van der Waals surface area contributed by atoms with Crippen molar-refractivity contribution in [1.82, 2.24) is 13.5 Å². The van der Waals surface area contributed by atoms with Gasteiger partial charge in [0.25, 0.3) is 10.2 Å². The summed E-state index contributed by atoms with van der Waals surface area (Å²) < 4.78 is 26.8. The third-order valence-electron chi connectivity index (χ3n) is 4.25. The second-order valence-corrected chi connectivity index (χ2v) is 8.14. The normalized spacial score (nSPS) is 16.8. The van der Waals surface area contributed by atoms with Gasteiger partial charge in [-0.1, -0.05) is 24.3 Å². The molecule has 1 amide bonds. The first-order chi connectivity index (χ1) is 10.8. The van der Waals surface area contributed by atoms with E-state index in [0.29, 0.717) is 32.6 Å². The van der Waals surface area contributed by atoms with Crippen molar-refractivity contribution in [2.75, 3.05) is 40.3 Å². The zero-order chi connectivity index (χ0) is 17.0. The Hall–Kier alpha value is -1.44. The second-order valence-electron chi connectivity index (χ2n) is 6.00. The molecule has 1 aliphatic heterocycles. The van der Waals surface area contributed by atoms with E-state index < -0.39 is 10.2 Å². The molecule has 2 rings (SSSR count). The average Bonchev–Trinajstić information content (AvgIpc) is 2.53. The van der Waals surface area contributed by atoms with Crippen LogP contribution in [0.2, 0.25) is 0 Å². The van der Waals surface area contributed by atoms with Gasteiger partial charge in [-0.25, -0.2) is 0 Å². The zero-order valence-electron chi connectivity index (χ0n) is 14.0. The fraction of sp³-hybridized carbons (Fsp3) is 0.562. The van der Waals surface area contributed by atoms with Crippen LogP contribution < -0.4 is 0 Å². The Morgan fingerprint density at radius 2 is 1.74 bits per heavy atom. The third kappa shape index (κ3) is 4.31. The molecule has 0 bridgehead atoms. The summed E-state index contributed by atoms with van der Waals surface area (Å²) in [6.45, 7) is 3.68. The molecule has 1 aromatic rings. The summed E-state index contributed by atoms with van der Waals surface area (Å²) in [5.41, 5.74) is 2.39. The van der Waals surface area contributed by atoms with Crippen molar-refractivity contribution in [3.63, 3.8) is 0 Å². The summed E-state index contributed by atoms with van der Waals surface area (Å²) in [6.07, 6.45) is 1.19. The highest BCUT2D eigenvalue weighted by Gasteiger charge is 2.29. The molecule has 1 fully saturated rings. The summed E-state index contributed by atoms with van der Waals surface area (Å²) in [6, 6.07) is 8.07. The van der Waals surface area contributed by atoms with E-state index in [1.54, 1.807) is 4.90 Å². The number of benzene rings is 1. The van der Waals surface area contributed by atoms with Crippen LogP contribution in [0, 0.1) is 6.92 Å². The van der Waals surface area contributed by atoms with E-state index in [4.69, 9.17) is 0 Å². The molecule has 6 nitrogen and oxygen atoms in total. The molecular weight excluding hydrogens is 314 g/mol. The van der Waals surface area contributed by atoms with Gasteiger partial charge in [0, 0.05) is 46.7 Å². The van der Waals surface area contributed by atoms with E-state index >= 15 is 0 Å². The Kier molecular flexibility index (Phi) is 5.78. The first kappa shape index (κ1) is 17.9. The molecule has 0 saturated carbocycles. The summed E-state index contributed by atoms with van der Waals surface area (Å²) >= 11 is 0. The zero-order valence-corrected chi connectivity index (χ0v) is 14.8. The third-order valence-corrected chi connectivity index (χ3v) is 6.19. The van der Waals surface area contributed by atoms with Crippen LogP contribution in [0.25, 0.3) is 0 Å². The maximum atomic E-state index is 12.3. The van der Waals surface area contributed by atoms with Gasteiger partial charge in [-0.15, -0.1) is 0 Å². The molecule has 0 atom stereocenters. The quantitative estimate of drug-likeness (QED) is 0.800. The van der Waals surface area contributed by atoms with Gasteiger partial charge in [0.2, 0.25) is 5.91 Å². The van der Waals surface area contributed by atoms with E-state index in [1.807, 2.05) is 31.2 Å². The highest BCUT2D eigenvalue weighted by Crippen LogP contribution is 2.13. The van der Waals surface area contributed by atoms with E-state index in [1.165, 1.54) is 33.8 Å². The average molecular weight is 339 g/mol. The maximum absolute atomic E-state index is 12.3. The summed E-state index contributed by atoms with van der Waals surface area (Å²) in [4.78, 5) is 14.1. The molecule has 0 unspecified atom stereocenters. The SMILES string of the molecule is Cc1ccccc1CCC(=O)N1CCN(S(=O)(=O)N(C)C)CC1. The monoisotopic (exact) mass is 339 g/mol. The number of rotatable bonds is 5. The molecule has 0 radical (unpaired) electrons. The lowest BCUT2D eigenvalue weighted by atomic mass is 10.0. The van der Waals surface area contributed by atoms with Gasteiger partial charge in [-0.2, -0.15) is 17.0 Å². The fourth-order valence-electron chi connectivity index (χ4n) is 2.69. The van der Waals surface area contributed by atoms with Crippen molar-refractivity contribution in [3.05, 3.63) is 35.4 Å². The van der Waals surface area contributed by atoms with Crippen molar-refractivity contribution in [2.45, 2.75) is 19.8 Å². The maximum Gasteiger partial charge on any atom is 0.281 e. The van der Waals surface area contributed by atoms with Crippen molar-refractivity contribution < 1.29 is 13.2 Å². The van der Waals surface area contributed by atoms with E-state index in [2.05, 4.69) is 0 Å². The van der Waals surface area contributed by atoms with Crippen LogP contribution in [0.4, 0.5) is 0 Å². The number of piperazine rings is 1. The molecule has 0 aromatic heterocycles. The number of carbonyl (C=O) groups is 1. The smallest absolute Gasteiger partial charge is 0.281 e. The summed E-state index contributed by atoms with van der Waals surface area (Å²) in [5, 5.41) is 0. The Balaban J connectivity index is 1.86. The molecule has 1 aliphatic rings. The van der Waals surface area contributed by atoms with Gasteiger partial charge in [-0.3, -0.25) is 4.79 Å². The molecular formula is C16H25N3O3S. The molecule has 23 heavy (non-hydrogen) atoms. The molecule has 1 aromatic carbocycles. The van der Waals surface area contributed by atoms with Crippen molar-refractivity contribution in [2.24, 2.45) is 0 Å². The van der Waals surface area contributed by atoms with Crippen molar-refractivity contribution in [1.29, 1.82) is 0 Å². The van der Waals surface area contributed by atoms with E-state index in [9.17, 15) is 13.2 Å². The first-order valence-electron chi connectivity index (χ1n) is 7.82. The lowest BCUT2D eigenvalue weighted by Gasteiger charge is -2.35. The number of aryl methyl sites for hydroxylation is 2. The fourth-order valence-corrected chi connectivity index (χ4v) is 3.78. The topological polar surface area (TPSA) is 60.9 Å². The molecule has 7 heteroatoms. The number of hydrogen-bond donors (Lipinski definition) is 0. The Morgan fingerprint density at radius 1 is 1.13 bits per heavy atom. The van der Waals surface area contributed by atoms with Crippen LogP contribution >= 0.6 is 0 Å². The number of carbonyl (C=O) groups excluding carboxylic acids is 1. The molecule has 0 N–H and O–H groups in total. The van der Waals surface area contributed by atoms with Crippen LogP contribution in [0.1, 0.15) is 17.5 Å². The number of hydrogen-bond acceptors (Lipinski definition) is 3. The van der Waals surface area contributed by atoms with Gasteiger partial charge in [-0.05, 0) is 24.5 Å². The van der Waals surface area contributed by atoms with Crippen molar-refractivity contribution >= 4 is 16.1 Å². The first-order valence-corrected chi connectivity index (χ1v) is 9.22. The highest BCUT2D eigenvalue weighted by molar-refractivity contribution is 7.86. The van der Waals surface area contributed by atoms with Crippen LogP contribution in [0.5, 0.6) is 0 Å². The predicted molar refractivity (Wildman–Crippen MR) is 90.3 cm³/mol. The lowest BCUT2D eigenvalue weighted by Crippen LogP contribution is -2.53. The second kappa shape index (κ2) is 7.42. The van der Waals surface area contributed by atoms with Gasteiger partial charge < -0.3 is 4.90 Å². The van der Waals surface area contributed by atoms with Crippen LogP contribution in [0.3, 0.4) is 0 Å². The van der Waals surface area contributed by atoms with Crippen LogP contribution in [-0.2, 0) is 21.4 Å². The van der Waals surface area contributed by atoms with Crippen LogP contribution in [-0.4, -0.2) is 68.1 Å². The minimum Gasteiger partial charge on any atom is -0.340 e. The minimum absolute atomic E-state index is 0.0927. The highest BCUT2D eigenvalue weighted by atomic mass is 32.2. The van der Waals surface area contributed by atoms with E-state index in [-0.39, 0.29) is 5.91 Å². The molecule has 1 saturated heterocycles. The summed E-state index contributed by atoms with van der Waals surface area (Å²) in [5.74, 6) is 0.0927. The van der Waals surface area contributed by atoms with Gasteiger partial charge >= 0.3 is 0 Å². The molecule has 128 valence electrons. The van der Waals surface area contributed by atoms with Gasteiger partial charge in [0.1, 0.15) is 0 Å². The molecule has 0 spiro atoms. The van der Waals surface area contributed by atoms with Crippen molar-refractivity contribution in [3.8, 4) is 0 Å². The summed E-state index contributed by atoms with van der Waals surface area (Å²) in [7, 11) is -0.336. The van der Waals surface area contributed by atoms with E-state index in [0.717, 1.165) is 6.42 Å². The Bertz CT molecular complexity index is 650. The predicted octanol–water partition coefficient (Wildman–Crippen LogP) is 0.878. The van der Waals surface area contributed by atoms with Crippen LogP contribution in [0.15, 0.2) is 24.3 Å². The number of nitrogens with zero attached hydrogens (tertiary/aromatic N) is 3. The molecule has 1 heterocycles. The van der Waals surface area contributed by atoms with Gasteiger partial charge in [0.15, 0.2) is 0 Å².